The van der Waals surface area contributed by atoms with Crippen LogP contribution in [0.5, 0.6) is 0 Å². The molecule has 1 heterocycles. The topological polar surface area (TPSA) is 15.3 Å². The molecule has 2 heteroatoms. The molecular formula is C16H24N2. The van der Waals surface area contributed by atoms with Crippen LogP contribution in [0.15, 0.2) is 18.2 Å². The molecule has 0 amide bonds. The summed E-state index contributed by atoms with van der Waals surface area (Å²) in [6.07, 6.45) is 5.44. The number of anilines is 2. The van der Waals surface area contributed by atoms with Crippen molar-refractivity contribution in [3.05, 3.63) is 23.8 Å². The van der Waals surface area contributed by atoms with Crippen molar-refractivity contribution in [1.29, 1.82) is 0 Å². The average molecular weight is 244 g/mol. The van der Waals surface area contributed by atoms with Crippen LogP contribution in [0, 0.1) is 6.92 Å². The molecule has 2 nitrogen and oxygen atoms in total. The number of nitrogens with zero attached hydrogens (tertiary/aromatic N) is 1. The summed E-state index contributed by atoms with van der Waals surface area (Å²) >= 11 is 0. The molecule has 18 heavy (non-hydrogen) atoms. The molecule has 1 aromatic rings. The van der Waals surface area contributed by atoms with Crippen molar-refractivity contribution in [2.24, 2.45) is 0 Å². The summed E-state index contributed by atoms with van der Waals surface area (Å²) in [4.78, 5) is 2.69. The van der Waals surface area contributed by atoms with Crippen molar-refractivity contribution < 1.29 is 0 Å². The van der Waals surface area contributed by atoms with Crippen molar-refractivity contribution >= 4 is 11.4 Å². The third-order valence-corrected chi connectivity index (χ3v) is 4.67. The standard InChI is InChI=1S/C16H24N2/c1-12(2)18-14-8-6-7-13(3)15(14)17-11-16(18)9-4-5-10-16/h6-8,12,17H,4-5,9-11H2,1-3H3. The highest BCUT2D eigenvalue weighted by Crippen LogP contribution is 2.46. The Morgan fingerprint density at radius 2 is 1.94 bits per heavy atom. The van der Waals surface area contributed by atoms with Crippen LogP contribution in [0.3, 0.4) is 0 Å². The fourth-order valence-electron chi connectivity index (χ4n) is 3.95. The molecule has 0 bridgehead atoms. The maximum atomic E-state index is 3.71. The minimum Gasteiger partial charge on any atom is -0.381 e. The van der Waals surface area contributed by atoms with E-state index >= 15 is 0 Å². The van der Waals surface area contributed by atoms with Crippen molar-refractivity contribution in [3.8, 4) is 0 Å². The van der Waals surface area contributed by atoms with Gasteiger partial charge in [0.2, 0.25) is 0 Å². The molecular weight excluding hydrogens is 220 g/mol. The van der Waals surface area contributed by atoms with Crippen LogP contribution in [-0.2, 0) is 0 Å². The Hall–Kier alpha value is -1.18. The molecule has 0 atom stereocenters. The third-order valence-electron chi connectivity index (χ3n) is 4.67. The Morgan fingerprint density at radius 1 is 1.22 bits per heavy atom. The van der Waals surface area contributed by atoms with Gasteiger partial charge in [0.15, 0.2) is 0 Å². The summed E-state index contributed by atoms with van der Waals surface area (Å²) in [5.41, 5.74) is 4.50. The van der Waals surface area contributed by atoms with Crippen LogP contribution >= 0.6 is 0 Å². The molecule has 1 aliphatic heterocycles. The first-order chi connectivity index (χ1) is 8.64. The van der Waals surface area contributed by atoms with E-state index in [0.717, 1.165) is 6.54 Å². The van der Waals surface area contributed by atoms with E-state index in [9.17, 15) is 0 Å². The van der Waals surface area contributed by atoms with Crippen LogP contribution in [0.25, 0.3) is 0 Å². The summed E-state index contributed by atoms with van der Waals surface area (Å²) in [6.45, 7) is 7.98. The fraction of sp³-hybridized carbons (Fsp3) is 0.625. The molecule has 0 saturated heterocycles. The van der Waals surface area contributed by atoms with E-state index in [-0.39, 0.29) is 0 Å². The van der Waals surface area contributed by atoms with E-state index in [1.54, 1.807) is 0 Å². The number of hydrogen-bond donors (Lipinski definition) is 1. The Morgan fingerprint density at radius 3 is 2.61 bits per heavy atom. The second-order valence-corrected chi connectivity index (χ2v) is 6.22. The van der Waals surface area contributed by atoms with Gasteiger partial charge in [-0.25, -0.2) is 0 Å². The minimum absolute atomic E-state index is 0.370. The summed E-state index contributed by atoms with van der Waals surface area (Å²) in [6, 6.07) is 7.26. The lowest BCUT2D eigenvalue weighted by Gasteiger charge is -2.50. The van der Waals surface area contributed by atoms with E-state index in [0.29, 0.717) is 11.6 Å². The third kappa shape index (κ3) is 1.62. The molecule has 98 valence electrons. The summed E-state index contributed by atoms with van der Waals surface area (Å²) < 4.78 is 0. The molecule has 0 aromatic heterocycles. The lowest BCUT2D eigenvalue weighted by Crippen LogP contribution is -2.57. The maximum absolute atomic E-state index is 3.71. The van der Waals surface area contributed by atoms with Gasteiger partial charge in [-0.1, -0.05) is 25.0 Å². The van der Waals surface area contributed by atoms with Crippen molar-refractivity contribution in [2.45, 2.75) is 58.0 Å². The highest BCUT2D eigenvalue weighted by Gasteiger charge is 2.44. The lowest BCUT2D eigenvalue weighted by molar-refractivity contribution is 0.381. The normalized spacial score (nSPS) is 21.2. The van der Waals surface area contributed by atoms with Gasteiger partial charge in [0.05, 0.1) is 16.9 Å². The summed E-state index contributed by atoms with van der Waals surface area (Å²) in [5.74, 6) is 0. The van der Waals surface area contributed by atoms with Crippen molar-refractivity contribution in [2.75, 3.05) is 16.8 Å². The first kappa shape index (κ1) is 11.9. The summed E-state index contributed by atoms with van der Waals surface area (Å²) in [7, 11) is 0. The predicted octanol–water partition coefficient (Wildman–Crippen LogP) is 3.95. The monoisotopic (exact) mass is 244 g/mol. The van der Waals surface area contributed by atoms with E-state index in [1.165, 1.54) is 42.6 Å². The Balaban J connectivity index is 2.10. The van der Waals surface area contributed by atoms with Crippen LogP contribution in [0.4, 0.5) is 11.4 Å². The van der Waals surface area contributed by atoms with Gasteiger partial charge in [0.1, 0.15) is 0 Å². The number of aryl methyl sites for hydroxylation is 1. The smallest absolute Gasteiger partial charge is 0.0612 e. The number of hydrogen-bond acceptors (Lipinski definition) is 2. The van der Waals surface area contributed by atoms with Crippen LogP contribution in [0.2, 0.25) is 0 Å². The van der Waals surface area contributed by atoms with Gasteiger partial charge >= 0.3 is 0 Å². The zero-order chi connectivity index (χ0) is 12.8. The molecule has 1 fully saturated rings. The molecule has 0 radical (unpaired) electrons. The first-order valence-electron chi connectivity index (χ1n) is 7.27. The van der Waals surface area contributed by atoms with E-state index in [1.807, 2.05) is 0 Å². The highest BCUT2D eigenvalue weighted by atomic mass is 15.3. The minimum atomic E-state index is 0.370. The van der Waals surface area contributed by atoms with Gasteiger partial charge in [-0.3, -0.25) is 0 Å². The molecule has 1 saturated carbocycles. The number of rotatable bonds is 1. The Bertz CT molecular complexity index is 444. The molecule has 1 N–H and O–H groups in total. The largest absolute Gasteiger partial charge is 0.381 e. The Labute approximate surface area is 110 Å². The number of nitrogens with one attached hydrogen (secondary N) is 1. The quantitative estimate of drug-likeness (QED) is 0.804. The van der Waals surface area contributed by atoms with Gasteiger partial charge < -0.3 is 10.2 Å². The Kier molecular flexibility index (Phi) is 2.76. The number of benzene rings is 1. The zero-order valence-corrected chi connectivity index (χ0v) is 11.8. The van der Waals surface area contributed by atoms with E-state index in [2.05, 4.69) is 49.2 Å². The molecule has 1 aromatic carbocycles. The molecule has 3 rings (SSSR count). The SMILES string of the molecule is Cc1cccc2c1NCC1(CCCC1)N2C(C)C. The summed E-state index contributed by atoms with van der Waals surface area (Å²) in [5, 5.41) is 3.71. The molecule has 1 spiro atoms. The van der Waals surface area contributed by atoms with Crippen molar-refractivity contribution in [3.63, 3.8) is 0 Å². The second-order valence-electron chi connectivity index (χ2n) is 6.22. The van der Waals surface area contributed by atoms with Crippen LogP contribution < -0.4 is 10.2 Å². The fourth-order valence-corrected chi connectivity index (χ4v) is 3.95. The van der Waals surface area contributed by atoms with Crippen LogP contribution in [0.1, 0.15) is 45.1 Å². The van der Waals surface area contributed by atoms with Crippen LogP contribution in [-0.4, -0.2) is 18.1 Å². The van der Waals surface area contributed by atoms with Gasteiger partial charge in [0, 0.05) is 12.6 Å². The lowest BCUT2D eigenvalue weighted by atomic mass is 9.89. The average Bonchev–Trinajstić information content (AvgIpc) is 2.77. The molecule has 2 aliphatic rings. The van der Waals surface area contributed by atoms with E-state index < -0.39 is 0 Å². The molecule has 1 aliphatic carbocycles. The second kappa shape index (κ2) is 4.18. The predicted molar refractivity (Wildman–Crippen MR) is 78.5 cm³/mol. The van der Waals surface area contributed by atoms with Gasteiger partial charge in [0.25, 0.3) is 0 Å². The van der Waals surface area contributed by atoms with Crippen molar-refractivity contribution in [1.82, 2.24) is 0 Å². The first-order valence-corrected chi connectivity index (χ1v) is 7.27. The van der Waals surface area contributed by atoms with Gasteiger partial charge in [-0.05, 0) is 45.2 Å². The van der Waals surface area contributed by atoms with Gasteiger partial charge in [-0.2, -0.15) is 0 Å². The number of fused-ring (bicyclic) bond motifs is 1. The highest BCUT2D eigenvalue weighted by molar-refractivity contribution is 5.77. The maximum Gasteiger partial charge on any atom is 0.0612 e. The number of para-hydroxylation sites is 1. The van der Waals surface area contributed by atoms with Gasteiger partial charge in [-0.15, -0.1) is 0 Å². The van der Waals surface area contributed by atoms with E-state index in [4.69, 9.17) is 0 Å². The molecule has 0 unspecified atom stereocenters. The zero-order valence-electron chi connectivity index (χ0n) is 11.8.